The van der Waals surface area contributed by atoms with Crippen LogP contribution in [0.5, 0.6) is 11.5 Å². The molecule has 0 aliphatic carbocycles. The van der Waals surface area contributed by atoms with Crippen molar-refractivity contribution in [3.63, 3.8) is 0 Å². The molecule has 1 aromatic rings. The Morgan fingerprint density at radius 2 is 2.09 bits per heavy atom. The predicted octanol–water partition coefficient (Wildman–Crippen LogP) is 2.04. The number of carboxylic acids is 1. The second-order valence-corrected chi connectivity index (χ2v) is 5.40. The maximum atomic E-state index is 12.3. The van der Waals surface area contributed by atoms with E-state index in [0.29, 0.717) is 30.9 Å². The molecule has 1 aliphatic rings. The minimum atomic E-state index is -0.846. The molecule has 1 N–H and O–H groups in total. The first-order valence-electron chi connectivity index (χ1n) is 7.47. The number of carboxylic acid groups (broad SMARTS) is 1. The molecule has 1 saturated heterocycles. The summed E-state index contributed by atoms with van der Waals surface area (Å²) < 4.78 is 10.4. The lowest BCUT2D eigenvalue weighted by Crippen LogP contribution is -2.41. The number of ether oxygens (including phenoxy) is 2. The van der Waals surface area contributed by atoms with Crippen LogP contribution in [0.1, 0.15) is 18.4 Å². The molecule has 0 bridgehead atoms. The smallest absolute Gasteiger partial charge is 0.308 e. The zero-order valence-electron chi connectivity index (χ0n) is 13.3. The molecule has 1 aliphatic heterocycles. The standard InChI is InChI=1S/C17H21NO5/c1-22-14-6-7-15(23-2)12(10-14)5-8-16(19)18-9-3-4-13(11-18)17(20)21/h5-8,10,13H,3-4,9,11H2,1-2H3,(H,20,21). The van der Waals surface area contributed by atoms with Gasteiger partial charge in [-0.15, -0.1) is 0 Å². The maximum Gasteiger partial charge on any atom is 0.308 e. The van der Waals surface area contributed by atoms with Gasteiger partial charge in [0.25, 0.3) is 0 Å². The number of aliphatic carboxylic acids is 1. The Kier molecular flexibility index (Phi) is 5.62. The van der Waals surface area contributed by atoms with Crippen molar-refractivity contribution in [1.82, 2.24) is 4.90 Å². The topological polar surface area (TPSA) is 76.1 Å². The Balaban J connectivity index is 2.10. The number of carbonyl (C=O) groups is 2. The van der Waals surface area contributed by atoms with Gasteiger partial charge in [0.1, 0.15) is 11.5 Å². The van der Waals surface area contributed by atoms with Crippen molar-refractivity contribution < 1.29 is 24.2 Å². The lowest BCUT2D eigenvalue weighted by Gasteiger charge is -2.29. The van der Waals surface area contributed by atoms with E-state index in [0.717, 1.165) is 5.56 Å². The van der Waals surface area contributed by atoms with Gasteiger partial charge in [0.15, 0.2) is 0 Å². The molecule has 2 rings (SSSR count). The van der Waals surface area contributed by atoms with Crippen molar-refractivity contribution in [3.05, 3.63) is 29.8 Å². The molecule has 23 heavy (non-hydrogen) atoms. The largest absolute Gasteiger partial charge is 0.497 e. The third kappa shape index (κ3) is 4.25. The Bertz CT molecular complexity index is 611. The highest BCUT2D eigenvalue weighted by Crippen LogP contribution is 2.25. The van der Waals surface area contributed by atoms with E-state index in [1.807, 2.05) is 0 Å². The first-order chi connectivity index (χ1) is 11.0. The van der Waals surface area contributed by atoms with Gasteiger partial charge in [0.05, 0.1) is 20.1 Å². The van der Waals surface area contributed by atoms with E-state index in [2.05, 4.69) is 0 Å². The first kappa shape index (κ1) is 16.9. The molecule has 1 atom stereocenters. The second kappa shape index (κ2) is 7.67. The van der Waals surface area contributed by atoms with Crippen LogP contribution >= 0.6 is 0 Å². The van der Waals surface area contributed by atoms with Crippen LogP contribution in [0.3, 0.4) is 0 Å². The Labute approximate surface area is 135 Å². The molecule has 0 spiro atoms. The van der Waals surface area contributed by atoms with E-state index >= 15 is 0 Å². The number of carbonyl (C=O) groups excluding carboxylic acids is 1. The first-order valence-corrected chi connectivity index (χ1v) is 7.47. The number of hydrogen-bond donors (Lipinski definition) is 1. The summed E-state index contributed by atoms with van der Waals surface area (Å²) in [6.45, 7) is 0.843. The Morgan fingerprint density at radius 1 is 1.30 bits per heavy atom. The fourth-order valence-electron chi connectivity index (χ4n) is 2.62. The Morgan fingerprint density at radius 3 is 2.74 bits per heavy atom. The molecule has 1 heterocycles. The van der Waals surface area contributed by atoms with Gasteiger partial charge < -0.3 is 19.5 Å². The van der Waals surface area contributed by atoms with Crippen molar-refractivity contribution in [2.45, 2.75) is 12.8 Å². The summed E-state index contributed by atoms with van der Waals surface area (Å²) in [7, 11) is 3.13. The van der Waals surface area contributed by atoms with Crippen LogP contribution < -0.4 is 9.47 Å². The van der Waals surface area contributed by atoms with Gasteiger partial charge >= 0.3 is 5.97 Å². The van der Waals surface area contributed by atoms with Gasteiger partial charge in [-0.3, -0.25) is 9.59 Å². The number of benzene rings is 1. The van der Waals surface area contributed by atoms with E-state index < -0.39 is 11.9 Å². The monoisotopic (exact) mass is 319 g/mol. The molecule has 0 saturated carbocycles. The van der Waals surface area contributed by atoms with Crippen molar-refractivity contribution in [2.75, 3.05) is 27.3 Å². The summed E-state index contributed by atoms with van der Waals surface area (Å²) >= 11 is 0. The van der Waals surface area contributed by atoms with Crippen molar-refractivity contribution in [1.29, 1.82) is 0 Å². The van der Waals surface area contributed by atoms with E-state index in [1.54, 1.807) is 43.4 Å². The highest BCUT2D eigenvalue weighted by Gasteiger charge is 2.27. The van der Waals surface area contributed by atoms with Crippen molar-refractivity contribution >= 4 is 18.0 Å². The summed E-state index contributed by atoms with van der Waals surface area (Å²) in [6.07, 6.45) is 4.43. The fourth-order valence-corrected chi connectivity index (χ4v) is 2.62. The molecular formula is C17H21NO5. The fraction of sp³-hybridized carbons (Fsp3) is 0.412. The normalized spacial score (nSPS) is 18.0. The van der Waals surface area contributed by atoms with E-state index in [4.69, 9.17) is 14.6 Å². The lowest BCUT2D eigenvalue weighted by molar-refractivity contribution is -0.144. The average Bonchev–Trinajstić information content (AvgIpc) is 2.59. The average molecular weight is 319 g/mol. The van der Waals surface area contributed by atoms with Crippen molar-refractivity contribution in [3.8, 4) is 11.5 Å². The molecule has 1 amide bonds. The van der Waals surface area contributed by atoms with Gasteiger partial charge in [-0.1, -0.05) is 0 Å². The Hall–Kier alpha value is -2.50. The van der Waals surface area contributed by atoms with Gasteiger partial charge in [0.2, 0.25) is 5.91 Å². The van der Waals surface area contributed by atoms with Crippen LogP contribution in [0.4, 0.5) is 0 Å². The highest BCUT2D eigenvalue weighted by molar-refractivity contribution is 5.92. The zero-order valence-corrected chi connectivity index (χ0v) is 13.3. The number of rotatable bonds is 5. The van der Waals surface area contributed by atoms with Gasteiger partial charge in [0, 0.05) is 24.7 Å². The summed E-state index contributed by atoms with van der Waals surface area (Å²) in [4.78, 5) is 24.9. The lowest BCUT2D eigenvalue weighted by atomic mass is 9.98. The van der Waals surface area contributed by atoms with E-state index in [-0.39, 0.29) is 12.5 Å². The molecule has 1 aromatic carbocycles. The molecule has 6 nitrogen and oxygen atoms in total. The summed E-state index contributed by atoms with van der Waals surface area (Å²) in [5, 5.41) is 9.09. The van der Waals surface area contributed by atoms with E-state index in [1.165, 1.54) is 6.08 Å². The number of amides is 1. The summed E-state index contributed by atoms with van der Waals surface area (Å²) in [6, 6.07) is 5.32. The number of methoxy groups -OCH3 is 2. The van der Waals surface area contributed by atoms with Crippen LogP contribution in [0.25, 0.3) is 6.08 Å². The minimum Gasteiger partial charge on any atom is -0.497 e. The molecule has 6 heteroatoms. The van der Waals surface area contributed by atoms with Crippen LogP contribution in [0.2, 0.25) is 0 Å². The van der Waals surface area contributed by atoms with E-state index in [9.17, 15) is 9.59 Å². The predicted molar refractivity (Wildman–Crippen MR) is 85.5 cm³/mol. The third-order valence-corrected chi connectivity index (χ3v) is 3.92. The van der Waals surface area contributed by atoms with Gasteiger partial charge in [-0.25, -0.2) is 0 Å². The van der Waals surface area contributed by atoms with Gasteiger partial charge in [-0.05, 0) is 37.1 Å². The van der Waals surface area contributed by atoms with Crippen LogP contribution in [0.15, 0.2) is 24.3 Å². The minimum absolute atomic E-state index is 0.194. The molecule has 1 unspecified atom stereocenters. The number of nitrogens with zero attached hydrogens (tertiary/aromatic N) is 1. The molecule has 124 valence electrons. The van der Waals surface area contributed by atoms with Crippen LogP contribution in [-0.2, 0) is 9.59 Å². The van der Waals surface area contributed by atoms with Gasteiger partial charge in [-0.2, -0.15) is 0 Å². The van der Waals surface area contributed by atoms with Crippen LogP contribution in [-0.4, -0.2) is 49.2 Å². The highest BCUT2D eigenvalue weighted by atomic mass is 16.5. The SMILES string of the molecule is COc1ccc(OC)c(C=CC(=O)N2CCCC(C(=O)O)C2)c1. The maximum absolute atomic E-state index is 12.3. The summed E-state index contributed by atoms with van der Waals surface area (Å²) in [5.74, 6) is -0.215. The van der Waals surface area contributed by atoms with Crippen molar-refractivity contribution in [2.24, 2.45) is 5.92 Å². The quantitative estimate of drug-likeness (QED) is 0.841. The zero-order chi connectivity index (χ0) is 16.8. The number of likely N-dealkylation sites (tertiary alicyclic amines) is 1. The third-order valence-electron chi connectivity index (χ3n) is 3.92. The molecular weight excluding hydrogens is 298 g/mol. The molecule has 1 fully saturated rings. The van der Waals surface area contributed by atoms with Crippen LogP contribution in [0, 0.1) is 5.92 Å². The summed E-state index contributed by atoms with van der Waals surface area (Å²) in [5.41, 5.74) is 0.729. The molecule has 0 radical (unpaired) electrons. The number of hydrogen-bond acceptors (Lipinski definition) is 4. The number of piperidine rings is 1. The molecule has 0 aromatic heterocycles. The second-order valence-electron chi connectivity index (χ2n) is 5.40.